The molecule has 3 N–H and O–H groups in total. The third-order valence-corrected chi connectivity index (χ3v) is 3.95. The molecule has 0 aliphatic heterocycles. The van der Waals surface area contributed by atoms with Crippen LogP contribution in [-0.2, 0) is 0 Å². The molecular weight excluding hydrogens is 246 g/mol. The summed E-state index contributed by atoms with van der Waals surface area (Å²) in [6.07, 6.45) is 1.06. The summed E-state index contributed by atoms with van der Waals surface area (Å²) < 4.78 is 0. The molecule has 0 fully saturated rings. The molecule has 0 aliphatic rings. The van der Waals surface area contributed by atoms with Gasteiger partial charge in [0.2, 0.25) is 0 Å². The van der Waals surface area contributed by atoms with Gasteiger partial charge in [0.25, 0.3) is 0 Å². The first-order chi connectivity index (χ1) is 9.54. The summed E-state index contributed by atoms with van der Waals surface area (Å²) in [6, 6.07) is 10.3. The van der Waals surface area contributed by atoms with Crippen LogP contribution in [0.5, 0.6) is 0 Å². The molecule has 0 saturated carbocycles. The Hall–Kier alpha value is -1.61. The first-order valence-electron chi connectivity index (χ1n) is 7.45. The van der Waals surface area contributed by atoms with Crippen molar-refractivity contribution in [2.75, 3.05) is 0 Å². The van der Waals surface area contributed by atoms with E-state index in [0.29, 0.717) is 11.8 Å². The molecule has 0 radical (unpaired) electrons. The van der Waals surface area contributed by atoms with Gasteiger partial charge in [-0.2, -0.15) is 0 Å². The number of nitrogens with zero attached hydrogens (tertiary/aromatic N) is 1. The third-order valence-electron chi connectivity index (χ3n) is 3.95. The van der Waals surface area contributed by atoms with Crippen LogP contribution in [0, 0.1) is 5.92 Å². The highest BCUT2D eigenvalue weighted by atomic mass is 15.0. The Morgan fingerprint density at radius 3 is 2.35 bits per heavy atom. The van der Waals surface area contributed by atoms with Crippen molar-refractivity contribution in [3.05, 3.63) is 41.9 Å². The van der Waals surface area contributed by atoms with Gasteiger partial charge in [0, 0.05) is 11.3 Å². The Morgan fingerprint density at radius 1 is 1.15 bits per heavy atom. The SMILES string of the molecule is CCC(C)C(N)c1nc(-c2ccccc2)c(C(C)C)[nH]1. The zero-order valence-corrected chi connectivity index (χ0v) is 12.9. The van der Waals surface area contributed by atoms with E-state index >= 15 is 0 Å². The van der Waals surface area contributed by atoms with Crippen LogP contribution >= 0.6 is 0 Å². The van der Waals surface area contributed by atoms with Gasteiger partial charge in [-0.3, -0.25) is 0 Å². The lowest BCUT2D eigenvalue weighted by molar-refractivity contribution is 0.441. The minimum Gasteiger partial charge on any atom is -0.344 e. The fourth-order valence-electron chi connectivity index (χ4n) is 2.32. The van der Waals surface area contributed by atoms with Crippen molar-refractivity contribution in [2.45, 2.75) is 46.1 Å². The first kappa shape index (κ1) is 14.8. The second kappa shape index (κ2) is 6.23. The van der Waals surface area contributed by atoms with Gasteiger partial charge in [0.05, 0.1) is 11.7 Å². The molecule has 3 heteroatoms. The standard InChI is InChI=1S/C17H25N3/c1-5-12(4)14(18)17-19-15(11(2)3)16(20-17)13-9-7-6-8-10-13/h6-12,14H,5,18H2,1-4H3,(H,19,20). The van der Waals surface area contributed by atoms with E-state index in [1.807, 2.05) is 18.2 Å². The van der Waals surface area contributed by atoms with Crippen LogP contribution in [0.3, 0.4) is 0 Å². The number of rotatable bonds is 5. The van der Waals surface area contributed by atoms with Crippen molar-refractivity contribution in [1.29, 1.82) is 0 Å². The summed E-state index contributed by atoms with van der Waals surface area (Å²) in [5, 5.41) is 0. The molecule has 2 rings (SSSR count). The second-order valence-electron chi connectivity index (χ2n) is 5.82. The second-order valence-corrected chi connectivity index (χ2v) is 5.82. The molecule has 108 valence electrons. The van der Waals surface area contributed by atoms with Gasteiger partial charge in [0.15, 0.2) is 0 Å². The zero-order chi connectivity index (χ0) is 14.7. The fraction of sp³-hybridized carbons (Fsp3) is 0.471. The maximum absolute atomic E-state index is 6.32. The van der Waals surface area contributed by atoms with Crippen molar-refractivity contribution in [1.82, 2.24) is 9.97 Å². The molecule has 1 aromatic carbocycles. The van der Waals surface area contributed by atoms with Gasteiger partial charge in [-0.05, 0) is 11.8 Å². The van der Waals surface area contributed by atoms with E-state index in [0.717, 1.165) is 23.5 Å². The van der Waals surface area contributed by atoms with Gasteiger partial charge in [-0.25, -0.2) is 4.98 Å². The molecule has 0 amide bonds. The summed E-state index contributed by atoms with van der Waals surface area (Å²) in [5.74, 6) is 1.72. The van der Waals surface area contributed by atoms with E-state index in [9.17, 15) is 0 Å². The van der Waals surface area contributed by atoms with Gasteiger partial charge in [-0.15, -0.1) is 0 Å². The van der Waals surface area contributed by atoms with Crippen molar-refractivity contribution >= 4 is 0 Å². The van der Waals surface area contributed by atoms with Crippen molar-refractivity contribution in [3.8, 4) is 11.3 Å². The Morgan fingerprint density at radius 2 is 1.80 bits per heavy atom. The molecule has 20 heavy (non-hydrogen) atoms. The molecule has 2 atom stereocenters. The van der Waals surface area contributed by atoms with E-state index in [4.69, 9.17) is 10.7 Å². The van der Waals surface area contributed by atoms with Crippen LogP contribution in [0.1, 0.15) is 57.6 Å². The number of benzene rings is 1. The molecule has 0 saturated heterocycles. The normalized spacial score (nSPS) is 14.5. The maximum atomic E-state index is 6.32. The molecule has 2 unspecified atom stereocenters. The molecular formula is C17H25N3. The van der Waals surface area contributed by atoms with Gasteiger partial charge in [-0.1, -0.05) is 64.4 Å². The van der Waals surface area contributed by atoms with Gasteiger partial charge >= 0.3 is 0 Å². The predicted molar refractivity (Wildman–Crippen MR) is 84.5 cm³/mol. The van der Waals surface area contributed by atoms with E-state index in [2.05, 4.69) is 44.8 Å². The van der Waals surface area contributed by atoms with E-state index in [1.54, 1.807) is 0 Å². The highest BCUT2D eigenvalue weighted by Gasteiger charge is 2.21. The number of aromatic nitrogens is 2. The molecule has 0 spiro atoms. The number of nitrogens with two attached hydrogens (primary N) is 1. The number of hydrogen-bond donors (Lipinski definition) is 2. The lowest BCUT2D eigenvalue weighted by atomic mass is 10.00. The highest BCUT2D eigenvalue weighted by molar-refractivity contribution is 5.62. The lowest BCUT2D eigenvalue weighted by Crippen LogP contribution is -2.20. The van der Waals surface area contributed by atoms with E-state index in [1.165, 1.54) is 5.69 Å². The first-order valence-corrected chi connectivity index (χ1v) is 7.45. The van der Waals surface area contributed by atoms with E-state index in [-0.39, 0.29) is 6.04 Å². The number of aromatic amines is 1. The third kappa shape index (κ3) is 2.93. The van der Waals surface area contributed by atoms with Gasteiger partial charge in [0.1, 0.15) is 5.82 Å². The number of hydrogen-bond acceptors (Lipinski definition) is 2. The number of H-pyrrole nitrogens is 1. The monoisotopic (exact) mass is 271 g/mol. The summed E-state index contributed by atoms with van der Waals surface area (Å²) >= 11 is 0. The quantitative estimate of drug-likeness (QED) is 0.854. The minimum absolute atomic E-state index is 0.0324. The van der Waals surface area contributed by atoms with Crippen LogP contribution in [0.4, 0.5) is 0 Å². The number of nitrogens with one attached hydrogen (secondary N) is 1. The molecule has 3 nitrogen and oxygen atoms in total. The highest BCUT2D eigenvalue weighted by Crippen LogP contribution is 2.30. The predicted octanol–water partition coefficient (Wildman–Crippen LogP) is 4.25. The van der Waals surface area contributed by atoms with Crippen molar-refractivity contribution < 1.29 is 0 Å². The zero-order valence-electron chi connectivity index (χ0n) is 12.9. The Labute approximate surface area is 121 Å². The molecule has 0 aliphatic carbocycles. The van der Waals surface area contributed by atoms with Crippen LogP contribution in [-0.4, -0.2) is 9.97 Å². The molecule has 1 heterocycles. The fourth-order valence-corrected chi connectivity index (χ4v) is 2.32. The van der Waals surface area contributed by atoms with Crippen molar-refractivity contribution in [2.24, 2.45) is 11.7 Å². The summed E-state index contributed by atoms with van der Waals surface area (Å²) in [7, 11) is 0. The Kier molecular flexibility index (Phi) is 4.61. The maximum Gasteiger partial charge on any atom is 0.124 e. The molecule has 1 aromatic heterocycles. The minimum atomic E-state index is -0.0324. The Balaban J connectivity index is 2.44. The lowest BCUT2D eigenvalue weighted by Gasteiger charge is -2.15. The molecule has 0 bridgehead atoms. The van der Waals surface area contributed by atoms with Gasteiger partial charge < -0.3 is 10.7 Å². The van der Waals surface area contributed by atoms with Crippen LogP contribution in [0.15, 0.2) is 30.3 Å². The largest absolute Gasteiger partial charge is 0.344 e. The van der Waals surface area contributed by atoms with E-state index < -0.39 is 0 Å². The van der Waals surface area contributed by atoms with Crippen LogP contribution in [0.2, 0.25) is 0 Å². The topological polar surface area (TPSA) is 54.7 Å². The Bertz CT molecular complexity index is 543. The smallest absolute Gasteiger partial charge is 0.124 e. The van der Waals surface area contributed by atoms with Crippen molar-refractivity contribution in [3.63, 3.8) is 0 Å². The average Bonchev–Trinajstić information content (AvgIpc) is 2.92. The van der Waals surface area contributed by atoms with Crippen LogP contribution < -0.4 is 5.73 Å². The average molecular weight is 271 g/mol. The summed E-state index contributed by atoms with van der Waals surface area (Å²) in [5.41, 5.74) is 9.67. The molecule has 2 aromatic rings. The van der Waals surface area contributed by atoms with Crippen LogP contribution in [0.25, 0.3) is 11.3 Å². The summed E-state index contributed by atoms with van der Waals surface area (Å²) in [6.45, 7) is 8.69. The summed E-state index contributed by atoms with van der Waals surface area (Å²) in [4.78, 5) is 8.25. The number of imidazole rings is 1.